The Kier molecular flexibility index (Phi) is 8.13. The highest BCUT2D eigenvalue weighted by atomic mass is 35.5. The van der Waals surface area contributed by atoms with Crippen molar-refractivity contribution >= 4 is 55.8 Å². The number of nitrogens with one attached hydrogen (secondary N) is 1. The number of aliphatic hydroxyl groups excluding tert-OH is 1. The molecule has 0 radical (unpaired) electrons. The first-order valence-electron chi connectivity index (χ1n) is 12.6. The van der Waals surface area contributed by atoms with Crippen molar-refractivity contribution in [2.24, 2.45) is 0 Å². The zero-order valence-corrected chi connectivity index (χ0v) is 24.1. The second-order valence-electron chi connectivity index (χ2n) is 9.95. The topological polar surface area (TPSA) is 137 Å². The molecule has 2 amide bonds. The van der Waals surface area contributed by atoms with Crippen LogP contribution in [0.3, 0.4) is 0 Å². The predicted octanol–water partition coefficient (Wildman–Crippen LogP) is 3.99. The fourth-order valence-corrected chi connectivity index (χ4v) is 6.39. The molecule has 41 heavy (non-hydrogen) atoms. The number of carbonyl (C=O) groups is 2. The lowest BCUT2D eigenvalue weighted by Crippen LogP contribution is -2.45. The van der Waals surface area contributed by atoms with Gasteiger partial charge in [-0.3, -0.25) is 9.59 Å². The number of furan rings is 1. The maximum atomic E-state index is 13.3. The Hall–Kier alpha value is -3.41. The highest BCUT2D eigenvalue weighted by molar-refractivity contribution is 7.90. The van der Waals surface area contributed by atoms with Crippen molar-refractivity contribution in [3.63, 3.8) is 0 Å². The lowest BCUT2D eigenvalue weighted by Gasteiger charge is -2.30. The molecule has 5 rings (SSSR count). The molecular weight excluding hydrogens is 591 g/mol. The van der Waals surface area contributed by atoms with Gasteiger partial charge in [-0.05, 0) is 65.9 Å². The van der Waals surface area contributed by atoms with E-state index in [4.69, 9.17) is 27.6 Å². The molecule has 214 valence electrons. The number of sulfone groups is 1. The summed E-state index contributed by atoms with van der Waals surface area (Å²) in [5, 5.41) is 23.6. The monoisotopic (exact) mass is 616 g/mol. The van der Waals surface area contributed by atoms with Crippen molar-refractivity contribution in [2.45, 2.75) is 36.6 Å². The summed E-state index contributed by atoms with van der Waals surface area (Å²) >= 11 is 13.2. The molecule has 0 bridgehead atoms. The fourth-order valence-electron chi connectivity index (χ4n) is 4.93. The molecule has 9 nitrogen and oxygen atoms in total. The molecule has 1 aliphatic rings. The summed E-state index contributed by atoms with van der Waals surface area (Å²) in [5.41, 5.74) is 2.93. The molecule has 0 fully saturated rings. The van der Waals surface area contributed by atoms with Gasteiger partial charge in [-0.1, -0.05) is 41.4 Å². The number of carbonyl (C=O) groups excluding carboxylic acids is 2. The van der Waals surface area contributed by atoms with Gasteiger partial charge in [0, 0.05) is 30.3 Å². The van der Waals surface area contributed by atoms with Crippen molar-refractivity contribution < 1.29 is 32.6 Å². The zero-order chi connectivity index (χ0) is 29.5. The second-order valence-corrected chi connectivity index (χ2v) is 12.8. The third kappa shape index (κ3) is 6.12. The van der Waals surface area contributed by atoms with Gasteiger partial charge in [0.2, 0.25) is 0 Å². The number of hydrogen-bond donors (Lipinski definition) is 3. The molecule has 3 N–H and O–H groups in total. The van der Waals surface area contributed by atoms with Crippen LogP contribution in [0.5, 0.6) is 0 Å². The molecule has 1 aliphatic heterocycles. The number of fused-ring (bicyclic) bond motifs is 2. The van der Waals surface area contributed by atoms with Crippen LogP contribution in [-0.4, -0.2) is 60.5 Å². The molecule has 0 spiro atoms. The number of amides is 2. The normalized spacial score (nSPS) is 14.2. The molecule has 1 atom stereocenters. The van der Waals surface area contributed by atoms with E-state index in [1.54, 1.807) is 35.4 Å². The van der Waals surface area contributed by atoms with Crippen LogP contribution in [0.2, 0.25) is 10.0 Å². The first-order chi connectivity index (χ1) is 19.4. The minimum absolute atomic E-state index is 0.0225. The average molecular weight is 618 g/mol. The van der Waals surface area contributed by atoms with Crippen LogP contribution in [-0.2, 0) is 29.2 Å². The first-order valence-corrected chi connectivity index (χ1v) is 15.3. The van der Waals surface area contributed by atoms with Crippen molar-refractivity contribution in [3.05, 3.63) is 98.7 Å². The van der Waals surface area contributed by atoms with E-state index < -0.39 is 28.1 Å². The summed E-state index contributed by atoms with van der Waals surface area (Å²) in [5.74, 6) is -0.895. The van der Waals surface area contributed by atoms with Gasteiger partial charge in [-0.15, -0.1) is 0 Å². The second kappa shape index (κ2) is 11.5. The highest BCUT2D eigenvalue weighted by Gasteiger charge is 2.29. The summed E-state index contributed by atoms with van der Waals surface area (Å²) < 4.78 is 29.2. The van der Waals surface area contributed by atoms with Gasteiger partial charge in [0.15, 0.2) is 16.1 Å². The van der Waals surface area contributed by atoms with Crippen LogP contribution in [0.4, 0.5) is 0 Å². The van der Waals surface area contributed by atoms with E-state index in [1.807, 2.05) is 12.1 Å². The average Bonchev–Trinajstić information content (AvgIpc) is 3.39. The van der Waals surface area contributed by atoms with E-state index in [0.29, 0.717) is 40.8 Å². The summed E-state index contributed by atoms with van der Waals surface area (Å²) in [6.07, 6.45) is 1.00. The van der Waals surface area contributed by atoms with E-state index in [1.165, 1.54) is 18.2 Å². The van der Waals surface area contributed by atoms with Crippen molar-refractivity contribution in [3.8, 4) is 0 Å². The summed E-state index contributed by atoms with van der Waals surface area (Å²) in [7, 11) is -3.48. The summed E-state index contributed by atoms with van der Waals surface area (Å²) in [6, 6.07) is 13.5. The minimum atomic E-state index is -3.48. The molecule has 12 heteroatoms. The third-order valence-electron chi connectivity index (χ3n) is 7.08. The highest BCUT2D eigenvalue weighted by Crippen LogP contribution is 2.35. The Balaban J connectivity index is 1.34. The Morgan fingerprint density at radius 2 is 1.88 bits per heavy atom. The molecule has 0 aliphatic carbocycles. The Labute approximate surface area is 246 Å². The van der Waals surface area contributed by atoms with Crippen molar-refractivity contribution in [1.29, 1.82) is 0 Å². The number of aliphatic hydroxyl groups is 2. The van der Waals surface area contributed by atoms with Gasteiger partial charge < -0.3 is 24.8 Å². The maximum Gasteiger partial charge on any atom is 0.254 e. The molecular formula is C29H26Cl2N2O7S. The van der Waals surface area contributed by atoms with E-state index in [0.717, 1.165) is 11.6 Å². The molecule has 3 aromatic carbocycles. The summed E-state index contributed by atoms with van der Waals surface area (Å²) in [4.78, 5) is 28.2. The number of hydrogen-bond acceptors (Lipinski definition) is 7. The summed E-state index contributed by atoms with van der Waals surface area (Å²) in [6.45, 7) is 0.597. The number of nitrogens with zero attached hydrogens (tertiary/aromatic N) is 1. The molecule has 2 heterocycles. The maximum absolute atomic E-state index is 13.3. The zero-order valence-electron chi connectivity index (χ0n) is 21.8. The Morgan fingerprint density at radius 1 is 1.10 bits per heavy atom. The predicted molar refractivity (Wildman–Crippen MR) is 154 cm³/mol. The third-order valence-corrected chi connectivity index (χ3v) is 8.91. The van der Waals surface area contributed by atoms with Gasteiger partial charge in [0.05, 0.1) is 32.8 Å². The Bertz CT molecular complexity index is 1770. The largest absolute Gasteiger partial charge is 0.464 e. The number of rotatable bonds is 7. The van der Waals surface area contributed by atoms with Gasteiger partial charge >= 0.3 is 0 Å². The minimum Gasteiger partial charge on any atom is -0.464 e. The van der Waals surface area contributed by atoms with Crippen molar-refractivity contribution in [2.75, 3.05) is 12.8 Å². The van der Waals surface area contributed by atoms with E-state index in [-0.39, 0.29) is 39.4 Å². The quantitative estimate of drug-likeness (QED) is 0.267. The smallest absolute Gasteiger partial charge is 0.254 e. The lowest BCUT2D eigenvalue weighted by molar-refractivity contribution is -0.0647. The molecule has 0 saturated carbocycles. The van der Waals surface area contributed by atoms with Crippen LogP contribution in [0.1, 0.15) is 37.4 Å². The molecule has 0 saturated heterocycles. The standard InChI is InChI=1S/C29H26Cl2N2O7S/c1-41(38,39)20-4-2-3-16(11-20)12-23(29(36)37)32-27(34)25-22(30)13-19-15-33(9-7-21(19)26(25)31)28(35)18-6-5-17-8-10-40-24(17)14-18/h2-6,8,10-11,13-14,23,29,36-37H,7,9,12,15H2,1H3,(H,32,34)/t23-/m0/s1. The van der Waals surface area contributed by atoms with Crippen LogP contribution < -0.4 is 5.32 Å². The SMILES string of the molecule is CS(=O)(=O)c1cccc(C[C@H](NC(=O)c2c(Cl)cc3c(c2Cl)CCN(C(=O)c2ccc4ccoc4c2)C3)C(O)O)c1. The van der Waals surface area contributed by atoms with Crippen LogP contribution >= 0.6 is 23.2 Å². The van der Waals surface area contributed by atoms with Crippen LogP contribution in [0.25, 0.3) is 11.0 Å². The number of benzene rings is 3. The van der Waals surface area contributed by atoms with E-state index in [9.17, 15) is 28.2 Å². The van der Waals surface area contributed by atoms with Gasteiger partial charge in [0.25, 0.3) is 11.8 Å². The van der Waals surface area contributed by atoms with Gasteiger partial charge in [-0.2, -0.15) is 0 Å². The van der Waals surface area contributed by atoms with Gasteiger partial charge in [0.1, 0.15) is 5.58 Å². The molecule has 4 aromatic rings. The van der Waals surface area contributed by atoms with Gasteiger partial charge in [-0.25, -0.2) is 8.42 Å². The van der Waals surface area contributed by atoms with E-state index >= 15 is 0 Å². The Morgan fingerprint density at radius 3 is 2.61 bits per heavy atom. The van der Waals surface area contributed by atoms with Crippen LogP contribution in [0.15, 0.2) is 70.2 Å². The van der Waals surface area contributed by atoms with Crippen molar-refractivity contribution in [1.82, 2.24) is 10.2 Å². The molecule has 0 unspecified atom stereocenters. The van der Waals surface area contributed by atoms with E-state index in [2.05, 4.69) is 5.32 Å². The number of halogens is 2. The van der Waals surface area contributed by atoms with Crippen LogP contribution in [0, 0.1) is 0 Å². The molecule has 1 aromatic heterocycles. The fraction of sp³-hybridized carbons (Fsp3) is 0.241. The lowest BCUT2D eigenvalue weighted by atomic mass is 9.95. The first kappa shape index (κ1) is 29.1.